The maximum atomic E-state index is 5.44. The zero-order valence-electron chi connectivity index (χ0n) is 11.7. The summed E-state index contributed by atoms with van der Waals surface area (Å²) in [7, 11) is 0. The van der Waals surface area contributed by atoms with Crippen LogP contribution in [0.4, 0.5) is 5.82 Å². The highest BCUT2D eigenvalue weighted by Crippen LogP contribution is 2.29. The first-order chi connectivity index (χ1) is 8.94. The van der Waals surface area contributed by atoms with Gasteiger partial charge in [-0.15, -0.1) is 11.3 Å². The fourth-order valence-electron chi connectivity index (χ4n) is 1.59. The Bertz CT molecular complexity index is 548. The number of hydrazine groups is 1. The summed E-state index contributed by atoms with van der Waals surface area (Å²) in [5.74, 6) is 6.68. The third kappa shape index (κ3) is 3.08. The molecule has 2 aromatic heterocycles. The molecular weight excluding hydrogens is 258 g/mol. The smallest absolute Gasteiger partial charge is 0.181 e. The van der Waals surface area contributed by atoms with Crippen LogP contribution >= 0.6 is 11.3 Å². The highest BCUT2D eigenvalue weighted by Gasteiger charge is 2.19. The number of nitrogens with zero attached hydrogens (tertiary/aromatic N) is 3. The Labute approximate surface area is 117 Å². The topological polar surface area (TPSA) is 76.7 Å². The van der Waals surface area contributed by atoms with Gasteiger partial charge in [0.05, 0.1) is 5.01 Å². The molecule has 0 aliphatic rings. The van der Waals surface area contributed by atoms with Gasteiger partial charge in [-0.05, 0) is 6.42 Å². The van der Waals surface area contributed by atoms with Crippen molar-refractivity contribution in [1.82, 2.24) is 15.0 Å². The van der Waals surface area contributed by atoms with Gasteiger partial charge in [0.2, 0.25) is 0 Å². The molecule has 0 atom stereocenters. The number of nitrogens with two attached hydrogens (primary N) is 1. The third-order valence-corrected chi connectivity index (χ3v) is 3.93. The minimum atomic E-state index is 0.0419. The summed E-state index contributed by atoms with van der Waals surface area (Å²) in [6.45, 7) is 8.48. The second kappa shape index (κ2) is 5.22. The van der Waals surface area contributed by atoms with E-state index >= 15 is 0 Å². The highest BCUT2D eigenvalue weighted by atomic mass is 32.1. The largest absolute Gasteiger partial charge is 0.308 e. The number of aryl methyl sites for hydroxylation is 1. The van der Waals surface area contributed by atoms with Gasteiger partial charge in [0.15, 0.2) is 5.82 Å². The van der Waals surface area contributed by atoms with Crippen molar-refractivity contribution in [2.75, 3.05) is 5.43 Å². The molecule has 0 spiro atoms. The average molecular weight is 277 g/mol. The number of hydrogen-bond donors (Lipinski definition) is 2. The number of hydrogen-bond acceptors (Lipinski definition) is 6. The summed E-state index contributed by atoms with van der Waals surface area (Å²) in [6, 6.07) is 1.85. The van der Waals surface area contributed by atoms with Crippen LogP contribution in [0.5, 0.6) is 0 Å². The van der Waals surface area contributed by atoms with Gasteiger partial charge in [-0.2, -0.15) is 0 Å². The van der Waals surface area contributed by atoms with Crippen molar-refractivity contribution in [3.05, 3.63) is 22.1 Å². The predicted molar refractivity (Wildman–Crippen MR) is 79.0 cm³/mol. The quantitative estimate of drug-likeness (QED) is 0.666. The standard InChI is InChI=1S/C13H19N5S/c1-5-8-6-10(18-14)17-11(15-8)9-7-19-12(16-9)13(2,3)4/h6-7H,5,14H2,1-4H3,(H,15,17,18). The van der Waals surface area contributed by atoms with Crippen molar-refractivity contribution in [3.8, 4) is 11.5 Å². The Morgan fingerprint density at radius 1 is 1.26 bits per heavy atom. The first kappa shape index (κ1) is 13.9. The van der Waals surface area contributed by atoms with E-state index in [2.05, 4.69) is 41.1 Å². The maximum absolute atomic E-state index is 5.44. The third-order valence-electron chi connectivity index (χ3n) is 2.66. The monoisotopic (exact) mass is 277 g/mol. The Morgan fingerprint density at radius 3 is 2.53 bits per heavy atom. The van der Waals surface area contributed by atoms with Crippen molar-refractivity contribution in [2.24, 2.45) is 5.84 Å². The van der Waals surface area contributed by atoms with Crippen LogP contribution < -0.4 is 11.3 Å². The van der Waals surface area contributed by atoms with Crippen molar-refractivity contribution in [2.45, 2.75) is 39.5 Å². The highest BCUT2D eigenvalue weighted by molar-refractivity contribution is 7.10. The molecular formula is C13H19N5S. The molecule has 2 heterocycles. The summed E-state index contributed by atoms with van der Waals surface area (Å²) in [4.78, 5) is 13.5. The van der Waals surface area contributed by atoms with Crippen LogP contribution in [0.25, 0.3) is 11.5 Å². The molecule has 0 amide bonds. The van der Waals surface area contributed by atoms with E-state index in [1.165, 1.54) is 0 Å². The van der Waals surface area contributed by atoms with Crippen LogP contribution in [-0.2, 0) is 11.8 Å². The number of anilines is 1. The van der Waals surface area contributed by atoms with E-state index in [1.54, 1.807) is 11.3 Å². The second-order valence-corrected chi connectivity index (χ2v) is 6.21. The Morgan fingerprint density at radius 2 is 2.00 bits per heavy atom. The molecule has 6 heteroatoms. The van der Waals surface area contributed by atoms with E-state index in [4.69, 9.17) is 5.84 Å². The van der Waals surface area contributed by atoms with Gasteiger partial charge in [-0.25, -0.2) is 20.8 Å². The van der Waals surface area contributed by atoms with Crippen molar-refractivity contribution in [3.63, 3.8) is 0 Å². The fraction of sp³-hybridized carbons (Fsp3) is 0.462. The lowest BCUT2D eigenvalue weighted by Crippen LogP contribution is -2.11. The molecule has 102 valence electrons. The Hall–Kier alpha value is -1.53. The van der Waals surface area contributed by atoms with Crippen LogP contribution in [0.2, 0.25) is 0 Å². The number of rotatable bonds is 3. The molecule has 5 nitrogen and oxygen atoms in total. The first-order valence-corrected chi connectivity index (χ1v) is 7.13. The summed E-state index contributed by atoms with van der Waals surface area (Å²) < 4.78 is 0. The molecule has 2 rings (SSSR count). The SMILES string of the molecule is CCc1cc(NN)nc(-c2csc(C(C)(C)C)n2)n1. The minimum absolute atomic E-state index is 0.0419. The van der Waals surface area contributed by atoms with Crippen LogP contribution in [0.3, 0.4) is 0 Å². The average Bonchev–Trinajstić information content (AvgIpc) is 2.87. The summed E-state index contributed by atoms with van der Waals surface area (Å²) in [5, 5.41) is 3.07. The molecule has 0 saturated carbocycles. The molecule has 0 unspecified atom stereocenters. The molecule has 0 aromatic carbocycles. The predicted octanol–water partition coefficient (Wildman–Crippen LogP) is 2.75. The van der Waals surface area contributed by atoms with Crippen molar-refractivity contribution in [1.29, 1.82) is 0 Å². The van der Waals surface area contributed by atoms with Gasteiger partial charge in [-0.3, -0.25) is 0 Å². The number of aromatic nitrogens is 3. The summed E-state index contributed by atoms with van der Waals surface area (Å²) in [6.07, 6.45) is 0.834. The van der Waals surface area contributed by atoms with E-state index < -0.39 is 0 Å². The maximum Gasteiger partial charge on any atom is 0.181 e. The van der Waals surface area contributed by atoms with Crippen LogP contribution in [0, 0.1) is 0 Å². The number of thiazole rings is 1. The number of nitrogens with one attached hydrogen (secondary N) is 1. The lowest BCUT2D eigenvalue weighted by Gasteiger charge is -2.13. The zero-order chi connectivity index (χ0) is 14.0. The molecule has 0 aliphatic heterocycles. The fourth-order valence-corrected chi connectivity index (χ4v) is 2.47. The first-order valence-electron chi connectivity index (χ1n) is 6.25. The van der Waals surface area contributed by atoms with Gasteiger partial charge < -0.3 is 5.43 Å². The summed E-state index contributed by atoms with van der Waals surface area (Å²) >= 11 is 1.64. The molecule has 2 aromatic rings. The van der Waals surface area contributed by atoms with E-state index in [-0.39, 0.29) is 5.41 Å². The zero-order valence-corrected chi connectivity index (χ0v) is 12.5. The molecule has 0 saturated heterocycles. The van der Waals surface area contributed by atoms with E-state index in [1.807, 2.05) is 18.4 Å². The molecule has 3 N–H and O–H groups in total. The second-order valence-electron chi connectivity index (χ2n) is 5.35. The van der Waals surface area contributed by atoms with Crippen molar-refractivity contribution >= 4 is 17.2 Å². The van der Waals surface area contributed by atoms with Gasteiger partial charge in [0.25, 0.3) is 0 Å². The van der Waals surface area contributed by atoms with E-state index in [9.17, 15) is 0 Å². The molecule has 0 bridgehead atoms. The Kier molecular flexibility index (Phi) is 3.82. The van der Waals surface area contributed by atoms with Crippen LogP contribution in [0.1, 0.15) is 38.4 Å². The molecule has 19 heavy (non-hydrogen) atoms. The van der Waals surface area contributed by atoms with E-state index in [0.29, 0.717) is 11.6 Å². The van der Waals surface area contributed by atoms with Crippen molar-refractivity contribution < 1.29 is 0 Å². The van der Waals surface area contributed by atoms with Gasteiger partial charge in [0, 0.05) is 22.6 Å². The summed E-state index contributed by atoms with van der Waals surface area (Å²) in [5.41, 5.74) is 4.37. The van der Waals surface area contributed by atoms with Gasteiger partial charge >= 0.3 is 0 Å². The lowest BCUT2D eigenvalue weighted by atomic mass is 9.98. The van der Waals surface area contributed by atoms with Gasteiger partial charge in [0.1, 0.15) is 11.5 Å². The number of nitrogen functional groups attached to an aromatic ring is 1. The van der Waals surface area contributed by atoms with Gasteiger partial charge in [-0.1, -0.05) is 27.7 Å². The van der Waals surface area contributed by atoms with E-state index in [0.717, 1.165) is 22.8 Å². The minimum Gasteiger partial charge on any atom is -0.308 e. The van der Waals surface area contributed by atoms with Crippen LogP contribution in [-0.4, -0.2) is 15.0 Å². The Balaban J connectivity index is 2.43. The molecule has 0 fully saturated rings. The van der Waals surface area contributed by atoms with Crippen LogP contribution in [0.15, 0.2) is 11.4 Å². The molecule has 0 aliphatic carbocycles. The normalized spacial score (nSPS) is 11.6. The lowest BCUT2D eigenvalue weighted by molar-refractivity contribution is 0.586. The molecule has 0 radical (unpaired) electrons.